The van der Waals surface area contributed by atoms with E-state index in [1.54, 1.807) is 0 Å². The van der Waals surface area contributed by atoms with Gasteiger partial charge >= 0.3 is 0 Å². The summed E-state index contributed by atoms with van der Waals surface area (Å²) in [5.74, 6) is 0.924. The van der Waals surface area contributed by atoms with Gasteiger partial charge in [0.1, 0.15) is 5.75 Å². The molecule has 0 radical (unpaired) electrons. The molecular weight excluding hydrogens is 252 g/mol. The third-order valence-electron chi connectivity index (χ3n) is 4.55. The van der Waals surface area contributed by atoms with Crippen molar-refractivity contribution in [3.63, 3.8) is 0 Å². The lowest BCUT2D eigenvalue weighted by molar-refractivity contribution is 0.0122. The zero-order valence-electron chi connectivity index (χ0n) is 12.4. The highest BCUT2D eigenvalue weighted by Crippen LogP contribution is 2.35. The monoisotopic (exact) mass is 276 g/mol. The zero-order valence-corrected chi connectivity index (χ0v) is 12.4. The molecule has 1 N–H and O–H groups in total. The van der Waals surface area contributed by atoms with E-state index in [2.05, 4.69) is 30.0 Å². The molecule has 2 aliphatic heterocycles. The lowest BCUT2D eigenvalue weighted by atomic mass is 9.94. The van der Waals surface area contributed by atoms with E-state index in [9.17, 15) is 5.11 Å². The van der Waals surface area contributed by atoms with Crippen LogP contribution in [0, 0.1) is 0 Å². The van der Waals surface area contributed by atoms with Gasteiger partial charge in [0.05, 0.1) is 18.8 Å². The standard InChI is InChI=1S/C16H24N2O2/c1-17-8-9-18(2)14(11-17)15(19)13-7-3-5-12-6-4-10-20-16(12)13/h3,5,7,14-15,19H,4,6,8-11H2,1-2H3. The summed E-state index contributed by atoms with van der Waals surface area (Å²) in [5, 5.41) is 10.8. The quantitative estimate of drug-likeness (QED) is 0.883. The Bertz CT molecular complexity index is 478. The number of rotatable bonds is 2. The van der Waals surface area contributed by atoms with Crippen molar-refractivity contribution in [2.24, 2.45) is 0 Å². The molecule has 0 amide bonds. The second kappa shape index (κ2) is 5.72. The first kappa shape index (κ1) is 13.9. The minimum Gasteiger partial charge on any atom is -0.493 e. The summed E-state index contributed by atoms with van der Waals surface area (Å²) in [6.45, 7) is 3.70. The summed E-state index contributed by atoms with van der Waals surface area (Å²) in [7, 11) is 4.21. The lowest BCUT2D eigenvalue weighted by Gasteiger charge is -2.40. The molecule has 4 nitrogen and oxygen atoms in total. The Morgan fingerprint density at radius 2 is 2.15 bits per heavy atom. The van der Waals surface area contributed by atoms with Gasteiger partial charge in [0.2, 0.25) is 0 Å². The number of nitrogens with zero attached hydrogens (tertiary/aromatic N) is 2. The SMILES string of the molecule is CN1CCN(C)C(C(O)c2cccc3c2OCCC3)C1. The van der Waals surface area contributed by atoms with Crippen molar-refractivity contribution < 1.29 is 9.84 Å². The Balaban J connectivity index is 1.88. The summed E-state index contributed by atoms with van der Waals surface area (Å²) < 4.78 is 5.84. The minimum atomic E-state index is -0.490. The van der Waals surface area contributed by atoms with Crippen molar-refractivity contribution >= 4 is 0 Å². The van der Waals surface area contributed by atoms with Crippen molar-refractivity contribution in [3.05, 3.63) is 29.3 Å². The van der Waals surface area contributed by atoms with Gasteiger partial charge in [-0.2, -0.15) is 0 Å². The Morgan fingerprint density at radius 3 is 3.00 bits per heavy atom. The first-order valence-electron chi connectivity index (χ1n) is 7.48. The number of ether oxygens (including phenoxy) is 1. The molecule has 1 fully saturated rings. The van der Waals surface area contributed by atoms with Gasteiger partial charge in [-0.1, -0.05) is 18.2 Å². The van der Waals surface area contributed by atoms with Gasteiger partial charge in [0.25, 0.3) is 0 Å². The number of fused-ring (bicyclic) bond motifs is 1. The molecule has 1 aromatic carbocycles. The minimum absolute atomic E-state index is 0.130. The molecule has 0 aliphatic carbocycles. The number of para-hydroxylation sites is 1. The molecule has 2 atom stereocenters. The Morgan fingerprint density at radius 1 is 1.30 bits per heavy atom. The molecule has 2 heterocycles. The van der Waals surface area contributed by atoms with Crippen molar-refractivity contribution in [3.8, 4) is 5.75 Å². The molecule has 0 aromatic heterocycles. The van der Waals surface area contributed by atoms with Crippen LogP contribution in [0.15, 0.2) is 18.2 Å². The number of hydrogen-bond acceptors (Lipinski definition) is 4. The van der Waals surface area contributed by atoms with Gasteiger partial charge in [0.15, 0.2) is 0 Å². The second-order valence-electron chi connectivity index (χ2n) is 6.04. The normalized spacial score (nSPS) is 25.9. The molecular formula is C16H24N2O2. The number of piperazine rings is 1. The van der Waals surface area contributed by atoms with Gasteiger partial charge < -0.3 is 14.7 Å². The molecule has 3 rings (SSSR count). The highest BCUT2D eigenvalue weighted by molar-refractivity contribution is 5.44. The van der Waals surface area contributed by atoms with E-state index >= 15 is 0 Å². The van der Waals surface area contributed by atoms with Gasteiger partial charge in [-0.05, 0) is 32.5 Å². The number of aliphatic hydroxyl groups excluding tert-OH is 1. The van der Waals surface area contributed by atoms with Crippen molar-refractivity contribution in [2.75, 3.05) is 40.3 Å². The second-order valence-corrected chi connectivity index (χ2v) is 6.04. The van der Waals surface area contributed by atoms with E-state index in [-0.39, 0.29) is 6.04 Å². The lowest BCUT2D eigenvalue weighted by Crippen LogP contribution is -2.52. The zero-order chi connectivity index (χ0) is 14.1. The number of likely N-dealkylation sites (N-methyl/N-ethyl adjacent to an activating group) is 2. The van der Waals surface area contributed by atoms with Crippen LogP contribution in [-0.2, 0) is 6.42 Å². The Hall–Kier alpha value is -1.10. The van der Waals surface area contributed by atoms with Crippen LogP contribution in [0.5, 0.6) is 5.75 Å². The van der Waals surface area contributed by atoms with E-state index in [1.807, 2.05) is 12.1 Å². The summed E-state index contributed by atoms with van der Waals surface area (Å²) >= 11 is 0. The van der Waals surface area contributed by atoms with Crippen LogP contribution in [0.4, 0.5) is 0 Å². The van der Waals surface area contributed by atoms with Crippen molar-refractivity contribution in [2.45, 2.75) is 25.0 Å². The molecule has 4 heteroatoms. The van der Waals surface area contributed by atoms with Gasteiger partial charge in [0, 0.05) is 25.2 Å². The number of aryl methyl sites for hydroxylation is 1. The molecule has 110 valence electrons. The molecule has 1 saturated heterocycles. The molecule has 0 spiro atoms. The van der Waals surface area contributed by atoms with Crippen LogP contribution >= 0.6 is 0 Å². The largest absolute Gasteiger partial charge is 0.493 e. The number of benzene rings is 1. The average molecular weight is 276 g/mol. The average Bonchev–Trinajstić information content (AvgIpc) is 2.48. The van der Waals surface area contributed by atoms with Crippen LogP contribution in [0.3, 0.4) is 0 Å². The summed E-state index contributed by atoms with van der Waals surface area (Å²) in [4.78, 5) is 4.54. The molecule has 2 unspecified atom stereocenters. The smallest absolute Gasteiger partial charge is 0.128 e. The summed E-state index contributed by atoms with van der Waals surface area (Å²) in [5.41, 5.74) is 2.19. The van der Waals surface area contributed by atoms with E-state index < -0.39 is 6.10 Å². The maximum atomic E-state index is 10.8. The molecule has 0 saturated carbocycles. The van der Waals surface area contributed by atoms with Crippen LogP contribution in [0.1, 0.15) is 23.7 Å². The van der Waals surface area contributed by atoms with Gasteiger partial charge in [-0.15, -0.1) is 0 Å². The Kier molecular flexibility index (Phi) is 3.96. The van der Waals surface area contributed by atoms with Crippen LogP contribution in [0.25, 0.3) is 0 Å². The molecule has 1 aromatic rings. The highest BCUT2D eigenvalue weighted by Gasteiger charge is 2.32. The number of aliphatic hydroxyl groups is 1. The third-order valence-corrected chi connectivity index (χ3v) is 4.55. The molecule has 20 heavy (non-hydrogen) atoms. The third kappa shape index (κ3) is 2.55. The maximum Gasteiger partial charge on any atom is 0.128 e. The predicted octanol–water partition coefficient (Wildman–Crippen LogP) is 1.29. The molecule has 2 aliphatic rings. The van der Waals surface area contributed by atoms with Crippen LogP contribution in [-0.4, -0.2) is 61.3 Å². The first-order chi connectivity index (χ1) is 9.66. The van der Waals surface area contributed by atoms with Crippen molar-refractivity contribution in [1.82, 2.24) is 9.80 Å². The fraction of sp³-hybridized carbons (Fsp3) is 0.625. The molecule has 0 bridgehead atoms. The van der Waals surface area contributed by atoms with Gasteiger partial charge in [-0.25, -0.2) is 0 Å². The van der Waals surface area contributed by atoms with E-state index in [0.29, 0.717) is 0 Å². The van der Waals surface area contributed by atoms with Gasteiger partial charge in [-0.3, -0.25) is 4.90 Å². The summed E-state index contributed by atoms with van der Waals surface area (Å²) in [6.07, 6.45) is 1.63. The van der Waals surface area contributed by atoms with Crippen LogP contribution < -0.4 is 4.74 Å². The van der Waals surface area contributed by atoms with Crippen molar-refractivity contribution in [1.29, 1.82) is 0 Å². The van der Waals surface area contributed by atoms with E-state index in [4.69, 9.17) is 4.74 Å². The highest BCUT2D eigenvalue weighted by atomic mass is 16.5. The fourth-order valence-electron chi connectivity index (χ4n) is 3.24. The fourth-order valence-corrected chi connectivity index (χ4v) is 3.24. The first-order valence-corrected chi connectivity index (χ1v) is 7.48. The van der Waals surface area contributed by atoms with E-state index in [1.165, 1.54) is 5.56 Å². The maximum absolute atomic E-state index is 10.8. The summed E-state index contributed by atoms with van der Waals surface area (Å²) in [6, 6.07) is 6.29. The topological polar surface area (TPSA) is 35.9 Å². The predicted molar refractivity (Wildman–Crippen MR) is 79.1 cm³/mol. The van der Waals surface area contributed by atoms with E-state index in [0.717, 1.165) is 50.4 Å². The van der Waals surface area contributed by atoms with Crippen LogP contribution in [0.2, 0.25) is 0 Å². The Labute approximate surface area is 120 Å². The number of hydrogen-bond donors (Lipinski definition) is 1.